The van der Waals surface area contributed by atoms with Gasteiger partial charge in [-0.3, -0.25) is 0 Å². The van der Waals surface area contributed by atoms with E-state index in [-0.39, 0.29) is 6.61 Å². The van der Waals surface area contributed by atoms with Gasteiger partial charge < -0.3 is 14.8 Å². The number of imidazole rings is 1. The molecule has 0 aliphatic heterocycles. The van der Waals surface area contributed by atoms with Crippen LogP contribution in [0.1, 0.15) is 38.2 Å². The van der Waals surface area contributed by atoms with Gasteiger partial charge in [0.15, 0.2) is 0 Å². The van der Waals surface area contributed by atoms with Gasteiger partial charge in [0.2, 0.25) is 5.88 Å². The zero-order valence-corrected chi connectivity index (χ0v) is 8.29. The van der Waals surface area contributed by atoms with Crippen LogP contribution in [-0.4, -0.2) is 21.7 Å². The summed E-state index contributed by atoms with van der Waals surface area (Å²) < 4.78 is 5.26. The number of nitrogens with one attached hydrogen (secondary N) is 1. The van der Waals surface area contributed by atoms with Gasteiger partial charge in [-0.05, 0) is 6.92 Å². The number of H-pyrrole nitrogens is 1. The summed E-state index contributed by atoms with van der Waals surface area (Å²) in [6.45, 7) is 6.47. The number of aliphatic hydroxyl groups excluding tert-OH is 1. The zero-order valence-electron chi connectivity index (χ0n) is 8.29. The lowest BCUT2D eigenvalue weighted by atomic mass is 10.2. The van der Waals surface area contributed by atoms with Gasteiger partial charge in [-0.2, -0.15) is 4.98 Å². The van der Waals surface area contributed by atoms with Crippen molar-refractivity contribution in [3.05, 3.63) is 11.5 Å². The third-order valence-electron chi connectivity index (χ3n) is 1.75. The van der Waals surface area contributed by atoms with Gasteiger partial charge in [-0.1, -0.05) is 13.8 Å². The first kappa shape index (κ1) is 10.1. The minimum atomic E-state index is -0.0605. The molecule has 1 aromatic rings. The Balaban J connectivity index is 2.90. The Morgan fingerprint density at radius 1 is 1.54 bits per heavy atom. The minimum Gasteiger partial charge on any atom is -0.477 e. The summed E-state index contributed by atoms with van der Waals surface area (Å²) in [5.74, 6) is 1.70. The molecule has 0 radical (unpaired) electrons. The van der Waals surface area contributed by atoms with Crippen molar-refractivity contribution in [3.8, 4) is 5.88 Å². The van der Waals surface area contributed by atoms with E-state index >= 15 is 0 Å². The lowest BCUT2D eigenvalue weighted by molar-refractivity contribution is 0.260. The van der Waals surface area contributed by atoms with Gasteiger partial charge in [0, 0.05) is 5.92 Å². The van der Waals surface area contributed by atoms with Gasteiger partial charge in [0.05, 0.1) is 13.2 Å². The van der Waals surface area contributed by atoms with Gasteiger partial charge >= 0.3 is 0 Å². The molecule has 0 spiro atoms. The van der Waals surface area contributed by atoms with Crippen LogP contribution in [0.2, 0.25) is 0 Å². The molecule has 0 saturated heterocycles. The van der Waals surface area contributed by atoms with Crippen LogP contribution < -0.4 is 4.74 Å². The molecule has 0 amide bonds. The van der Waals surface area contributed by atoms with Crippen molar-refractivity contribution in [1.82, 2.24) is 9.97 Å². The number of hydrogen-bond donors (Lipinski definition) is 2. The van der Waals surface area contributed by atoms with Crippen LogP contribution in [-0.2, 0) is 6.61 Å². The molecule has 74 valence electrons. The highest BCUT2D eigenvalue weighted by Gasteiger charge is 2.11. The standard InChI is InChI=1S/C9H16N2O2/c1-4-13-9-7(5-12)10-8(11-9)6(2)3/h6,12H,4-5H2,1-3H3,(H,10,11). The fourth-order valence-electron chi connectivity index (χ4n) is 1.05. The second kappa shape index (κ2) is 4.28. The fourth-order valence-corrected chi connectivity index (χ4v) is 1.05. The van der Waals surface area contributed by atoms with Crippen LogP contribution >= 0.6 is 0 Å². The molecular weight excluding hydrogens is 168 g/mol. The summed E-state index contributed by atoms with van der Waals surface area (Å²) in [6, 6.07) is 0. The molecule has 0 saturated carbocycles. The molecule has 2 N–H and O–H groups in total. The molecule has 0 aromatic carbocycles. The van der Waals surface area contributed by atoms with Gasteiger partial charge in [-0.25, -0.2) is 0 Å². The van der Waals surface area contributed by atoms with Crippen molar-refractivity contribution in [2.45, 2.75) is 33.3 Å². The highest BCUT2D eigenvalue weighted by molar-refractivity contribution is 5.21. The van der Waals surface area contributed by atoms with Crippen molar-refractivity contribution in [1.29, 1.82) is 0 Å². The van der Waals surface area contributed by atoms with Gasteiger partial charge in [-0.15, -0.1) is 0 Å². The van der Waals surface area contributed by atoms with E-state index in [1.165, 1.54) is 0 Å². The summed E-state index contributed by atoms with van der Waals surface area (Å²) >= 11 is 0. The highest BCUT2D eigenvalue weighted by Crippen LogP contribution is 2.19. The number of aromatic amines is 1. The number of ether oxygens (including phenoxy) is 1. The monoisotopic (exact) mass is 184 g/mol. The predicted octanol–water partition coefficient (Wildman–Crippen LogP) is 1.42. The molecule has 0 unspecified atom stereocenters. The second-order valence-corrected chi connectivity index (χ2v) is 3.15. The normalized spacial score (nSPS) is 10.8. The van der Waals surface area contributed by atoms with Crippen molar-refractivity contribution < 1.29 is 9.84 Å². The van der Waals surface area contributed by atoms with Gasteiger partial charge in [0.1, 0.15) is 11.5 Å². The zero-order chi connectivity index (χ0) is 9.84. The number of aromatic nitrogens is 2. The maximum absolute atomic E-state index is 8.99. The molecule has 0 aliphatic carbocycles. The van der Waals surface area contributed by atoms with E-state index in [1.54, 1.807) is 0 Å². The number of hydrogen-bond acceptors (Lipinski definition) is 3. The Bertz CT molecular complexity index is 269. The van der Waals surface area contributed by atoms with Crippen LogP contribution in [0.3, 0.4) is 0 Å². The van der Waals surface area contributed by atoms with Crippen molar-refractivity contribution in [2.24, 2.45) is 0 Å². The third kappa shape index (κ3) is 2.21. The van der Waals surface area contributed by atoms with E-state index in [2.05, 4.69) is 9.97 Å². The van der Waals surface area contributed by atoms with E-state index < -0.39 is 0 Å². The highest BCUT2D eigenvalue weighted by atomic mass is 16.5. The molecule has 0 atom stereocenters. The quantitative estimate of drug-likeness (QED) is 0.744. The molecule has 0 bridgehead atoms. The van der Waals surface area contributed by atoms with Crippen molar-refractivity contribution in [3.63, 3.8) is 0 Å². The minimum absolute atomic E-state index is 0.0605. The topological polar surface area (TPSA) is 58.1 Å². The smallest absolute Gasteiger partial charge is 0.237 e. The van der Waals surface area contributed by atoms with Gasteiger partial charge in [0.25, 0.3) is 0 Å². The van der Waals surface area contributed by atoms with E-state index in [0.29, 0.717) is 24.1 Å². The summed E-state index contributed by atoms with van der Waals surface area (Å²) in [5.41, 5.74) is 0.658. The lowest BCUT2D eigenvalue weighted by Crippen LogP contribution is -1.95. The van der Waals surface area contributed by atoms with Crippen LogP contribution in [0.4, 0.5) is 0 Å². The average Bonchev–Trinajstić information content (AvgIpc) is 2.48. The Labute approximate surface area is 78.0 Å². The molecule has 4 nitrogen and oxygen atoms in total. The lowest BCUT2D eigenvalue weighted by Gasteiger charge is -1.98. The molecule has 1 heterocycles. The summed E-state index contributed by atoms with van der Waals surface area (Å²) in [7, 11) is 0. The molecule has 0 fully saturated rings. The first-order chi connectivity index (χ1) is 6.19. The number of aliphatic hydroxyl groups is 1. The molecule has 0 aliphatic rings. The first-order valence-electron chi connectivity index (χ1n) is 4.51. The summed E-state index contributed by atoms with van der Waals surface area (Å²) in [4.78, 5) is 7.26. The van der Waals surface area contributed by atoms with E-state index in [4.69, 9.17) is 9.84 Å². The van der Waals surface area contributed by atoms with E-state index in [1.807, 2.05) is 20.8 Å². The number of nitrogens with zero attached hydrogens (tertiary/aromatic N) is 1. The Kier molecular flexibility index (Phi) is 3.31. The van der Waals surface area contributed by atoms with E-state index in [9.17, 15) is 0 Å². The maximum atomic E-state index is 8.99. The molecule has 1 rings (SSSR count). The predicted molar refractivity (Wildman–Crippen MR) is 49.8 cm³/mol. The average molecular weight is 184 g/mol. The summed E-state index contributed by atoms with van der Waals surface area (Å²) in [6.07, 6.45) is 0. The van der Waals surface area contributed by atoms with Crippen LogP contribution in [0, 0.1) is 0 Å². The van der Waals surface area contributed by atoms with E-state index in [0.717, 1.165) is 5.82 Å². The second-order valence-electron chi connectivity index (χ2n) is 3.15. The van der Waals surface area contributed by atoms with Crippen LogP contribution in [0.5, 0.6) is 5.88 Å². The molecule has 13 heavy (non-hydrogen) atoms. The van der Waals surface area contributed by atoms with Crippen LogP contribution in [0.15, 0.2) is 0 Å². The Morgan fingerprint density at radius 2 is 2.23 bits per heavy atom. The molecule has 1 aromatic heterocycles. The third-order valence-corrected chi connectivity index (χ3v) is 1.75. The van der Waals surface area contributed by atoms with Crippen molar-refractivity contribution in [2.75, 3.05) is 6.61 Å². The number of rotatable bonds is 4. The fraction of sp³-hybridized carbons (Fsp3) is 0.667. The first-order valence-corrected chi connectivity index (χ1v) is 4.51. The Hall–Kier alpha value is -1.03. The molecule has 4 heteroatoms. The van der Waals surface area contributed by atoms with Crippen molar-refractivity contribution >= 4 is 0 Å². The largest absolute Gasteiger partial charge is 0.477 e. The SMILES string of the molecule is CCOc1nc(C(C)C)[nH]c1CO. The maximum Gasteiger partial charge on any atom is 0.237 e. The Morgan fingerprint density at radius 3 is 2.69 bits per heavy atom. The summed E-state index contributed by atoms with van der Waals surface area (Å²) in [5, 5.41) is 8.99. The molecular formula is C9H16N2O2. The van der Waals surface area contributed by atoms with Crippen LogP contribution in [0.25, 0.3) is 0 Å².